The highest BCUT2D eigenvalue weighted by molar-refractivity contribution is 5.81. The molecule has 5 rings (SSSR count). The molecule has 12 nitrogen and oxygen atoms in total. The topological polar surface area (TPSA) is 163 Å². The summed E-state index contributed by atoms with van der Waals surface area (Å²) >= 11 is 0. The Bertz CT molecular complexity index is 1280. The zero-order valence-corrected chi connectivity index (χ0v) is 24.2. The second kappa shape index (κ2) is 13.1. The monoisotopic (exact) mass is 584 g/mol. The van der Waals surface area contributed by atoms with E-state index in [0.29, 0.717) is 23.6 Å². The molecule has 0 saturated carbocycles. The van der Waals surface area contributed by atoms with E-state index < -0.39 is 17.9 Å². The fourth-order valence-electron chi connectivity index (χ4n) is 6.06. The van der Waals surface area contributed by atoms with Gasteiger partial charge in [-0.25, -0.2) is 0 Å². The number of phenols is 1. The van der Waals surface area contributed by atoms with Crippen LogP contribution in [0.25, 0.3) is 0 Å². The Labute approximate surface area is 245 Å². The predicted octanol–water partition coefficient (Wildman–Crippen LogP) is 1.54. The lowest BCUT2D eigenvalue weighted by atomic mass is 9.65. The first-order chi connectivity index (χ1) is 20.3. The zero-order chi connectivity index (χ0) is 29.8. The number of esters is 1. The van der Waals surface area contributed by atoms with Crippen LogP contribution in [-0.4, -0.2) is 76.8 Å². The van der Waals surface area contributed by atoms with Crippen molar-refractivity contribution >= 4 is 11.9 Å². The van der Waals surface area contributed by atoms with Crippen LogP contribution in [0.2, 0.25) is 0 Å². The van der Waals surface area contributed by atoms with Crippen LogP contribution in [0.1, 0.15) is 48.4 Å². The number of fused-ring (bicyclic) bond motifs is 3. The number of amides is 1. The summed E-state index contributed by atoms with van der Waals surface area (Å²) in [6.45, 7) is 4.74. The van der Waals surface area contributed by atoms with E-state index in [2.05, 4.69) is 16.0 Å². The number of methoxy groups -OCH3 is 2. The third-order valence-corrected chi connectivity index (χ3v) is 8.13. The van der Waals surface area contributed by atoms with E-state index in [1.165, 1.54) is 14.2 Å². The smallest absolute Gasteiger partial charge is 0.310 e. The average Bonchev–Trinajstić information content (AvgIpc) is 3.59. The summed E-state index contributed by atoms with van der Waals surface area (Å²) in [4.78, 5) is 26.4. The van der Waals surface area contributed by atoms with Gasteiger partial charge < -0.3 is 50.5 Å². The van der Waals surface area contributed by atoms with Crippen molar-refractivity contribution in [2.24, 2.45) is 17.6 Å². The summed E-state index contributed by atoms with van der Waals surface area (Å²) in [7, 11) is 2.91. The van der Waals surface area contributed by atoms with E-state index in [9.17, 15) is 14.7 Å². The first kappa shape index (κ1) is 29.7. The van der Waals surface area contributed by atoms with Gasteiger partial charge in [0.1, 0.15) is 0 Å². The van der Waals surface area contributed by atoms with Gasteiger partial charge in [-0.05, 0) is 80.4 Å². The molecule has 0 bridgehead atoms. The molecule has 0 spiro atoms. The Morgan fingerprint density at radius 1 is 1.02 bits per heavy atom. The molecule has 1 fully saturated rings. The normalized spacial score (nSPS) is 22.6. The number of ether oxygens (including phenoxy) is 5. The fraction of sp³-hybridized carbons (Fsp3) is 0.533. The van der Waals surface area contributed by atoms with Crippen molar-refractivity contribution in [1.82, 2.24) is 16.0 Å². The molecule has 0 aromatic heterocycles. The van der Waals surface area contributed by atoms with Gasteiger partial charge in [-0.2, -0.15) is 0 Å². The number of aromatic hydroxyl groups is 1. The summed E-state index contributed by atoms with van der Waals surface area (Å²) in [5, 5.41) is 20.2. The Kier molecular flexibility index (Phi) is 9.24. The van der Waals surface area contributed by atoms with Crippen molar-refractivity contribution in [3.8, 4) is 28.7 Å². The van der Waals surface area contributed by atoms with Crippen molar-refractivity contribution in [2.45, 2.75) is 37.8 Å². The van der Waals surface area contributed by atoms with Gasteiger partial charge >= 0.3 is 5.97 Å². The van der Waals surface area contributed by atoms with Crippen LogP contribution in [0.5, 0.6) is 28.7 Å². The number of carbonyl (C=O) groups excluding carboxylic acids is 2. The van der Waals surface area contributed by atoms with Gasteiger partial charge in [0.2, 0.25) is 18.4 Å². The number of hydrogen-bond donors (Lipinski definition) is 5. The Morgan fingerprint density at radius 3 is 2.36 bits per heavy atom. The van der Waals surface area contributed by atoms with Gasteiger partial charge in [-0.3, -0.25) is 9.59 Å². The largest absolute Gasteiger partial charge is 0.502 e. The lowest BCUT2D eigenvalue weighted by Gasteiger charge is -2.39. The van der Waals surface area contributed by atoms with Gasteiger partial charge in [0.15, 0.2) is 23.0 Å². The highest BCUT2D eigenvalue weighted by Gasteiger charge is 2.53. The van der Waals surface area contributed by atoms with Crippen molar-refractivity contribution < 1.29 is 38.4 Å². The summed E-state index contributed by atoms with van der Waals surface area (Å²) in [5.41, 5.74) is 8.09. The first-order valence-electron chi connectivity index (χ1n) is 14.3. The van der Waals surface area contributed by atoms with E-state index in [0.717, 1.165) is 37.1 Å². The van der Waals surface area contributed by atoms with E-state index in [1.54, 1.807) is 12.1 Å². The Morgan fingerprint density at radius 2 is 1.69 bits per heavy atom. The number of hydrogen-bond acceptors (Lipinski definition) is 11. The lowest BCUT2D eigenvalue weighted by Crippen LogP contribution is -2.45. The number of nitrogens with one attached hydrogen (secondary N) is 3. The van der Waals surface area contributed by atoms with E-state index >= 15 is 0 Å². The highest BCUT2D eigenvalue weighted by atomic mass is 16.7. The molecular formula is C30H40N4O8. The summed E-state index contributed by atoms with van der Waals surface area (Å²) in [6, 6.07) is 6.84. The second-order valence-electron chi connectivity index (χ2n) is 11.0. The molecule has 2 heterocycles. The van der Waals surface area contributed by atoms with Gasteiger partial charge in [0, 0.05) is 17.9 Å². The molecule has 1 aliphatic carbocycles. The lowest BCUT2D eigenvalue weighted by molar-refractivity contribution is -0.141. The van der Waals surface area contributed by atoms with E-state index in [4.69, 9.17) is 29.4 Å². The molecule has 1 amide bonds. The van der Waals surface area contributed by atoms with Crippen LogP contribution >= 0.6 is 0 Å². The molecule has 2 aromatic rings. The van der Waals surface area contributed by atoms with Gasteiger partial charge in [0.05, 0.1) is 39.3 Å². The van der Waals surface area contributed by atoms with Crippen LogP contribution in [0, 0.1) is 11.8 Å². The molecule has 5 unspecified atom stereocenters. The van der Waals surface area contributed by atoms with E-state index in [-0.39, 0.29) is 61.0 Å². The van der Waals surface area contributed by atoms with E-state index in [1.807, 2.05) is 19.1 Å². The van der Waals surface area contributed by atoms with Gasteiger partial charge in [0.25, 0.3) is 0 Å². The number of rotatable bonds is 13. The highest BCUT2D eigenvalue weighted by Crippen LogP contribution is 2.55. The molecule has 228 valence electrons. The standard InChI is InChI=1S/C30H40N4O8/c1-16(31)5-8-32-6-4-7-33-13-25(35)34-28-19-12-22-21(41-15-42-22)11-18(19)26(27-20(28)14-40-30(27)37)17-9-23(38-2)29(36)24(10-17)39-3/h9-12,16,20,26-28,32-33,36H,4-8,13-15,31H2,1-3H3,(H,34,35). The first-order valence-corrected chi connectivity index (χ1v) is 14.3. The molecule has 3 aliphatic rings. The van der Waals surface area contributed by atoms with Crippen molar-refractivity contribution in [3.63, 3.8) is 0 Å². The van der Waals surface area contributed by atoms with Crippen molar-refractivity contribution in [2.75, 3.05) is 53.8 Å². The molecule has 2 aromatic carbocycles. The fourth-order valence-corrected chi connectivity index (χ4v) is 6.06. The average molecular weight is 585 g/mol. The third-order valence-electron chi connectivity index (χ3n) is 8.13. The third kappa shape index (κ3) is 6.06. The molecule has 5 atom stereocenters. The molecule has 2 aliphatic heterocycles. The van der Waals surface area contributed by atoms with Crippen molar-refractivity contribution in [3.05, 3.63) is 41.0 Å². The number of cyclic esters (lactones) is 1. The van der Waals surface area contributed by atoms with Crippen molar-refractivity contribution in [1.29, 1.82) is 0 Å². The number of nitrogens with two attached hydrogens (primary N) is 1. The molecule has 1 saturated heterocycles. The molecular weight excluding hydrogens is 544 g/mol. The maximum absolute atomic E-state index is 13.3. The van der Waals surface area contributed by atoms with Gasteiger partial charge in [-0.1, -0.05) is 0 Å². The zero-order valence-electron chi connectivity index (χ0n) is 24.2. The maximum atomic E-state index is 13.3. The molecule has 0 radical (unpaired) electrons. The number of phenolic OH excluding ortho intramolecular Hbond substituents is 1. The van der Waals surface area contributed by atoms with Gasteiger partial charge in [-0.15, -0.1) is 0 Å². The summed E-state index contributed by atoms with van der Waals surface area (Å²) < 4.78 is 27.8. The van der Waals surface area contributed by atoms with Crippen LogP contribution in [-0.2, 0) is 14.3 Å². The summed E-state index contributed by atoms with van der Waals surface area (Å²) in [6.07, 6.45) is 1.79. The molecule has 12 heteroatoms. The predicted molar refractivity (Wildman–Crippen MR) is 153 cm³/mol. The maximum Gasteiger partial charge on any atom is 0.310 e. The van der Waals surface area contributed by atoms with Crippen LogP contribution < -0.4 is 40.6 Å². The Balaban J connectivity index is 1.39. The van der Waals surface area contributed by atoms with Crippen LogP contribution in [0.3, 0.4) is 0 Å². The number of benzene rings is 2. The van der Waals surface area contributed by atoms with Crippen LogP contribution in [0.4, 0.5) is 0 Å². The van der Waals surface area contributed by atoms with Crippen LogP contribution in [0.15, 0.2) is 24.3 Å². The molecule has 6 N–H and O–H groups in total. The summed E-state index contributed by atoms with van der Waals surface area (Å²) in [5.74, 6) is -0.495. The SMILES string of the molecule is COc1cc(C2c3cc4c(cc3C(NC(=O)CNCCCNCCC(C)N)C3COC(=O)C23)OCO4)cc(OC)c1O. The minimum absolute atomic E-state index is 0.0830. The Hall–Kier alpha value is -3.74. The quantitative estimate of drug-likeness (QED) is 0.171. The second-order valence-corrected chi connectivity index (χ2v) is 11.0. The minimum atomic E-state index is -0.600. The minimum Gasteiger partial charge on any atom is -0.502 e. The molecule has 42 heavy (non-hydrogen) atoms. The number of carbonyl (C=O) groups is 2.